The van der Waals surface area contributed by atoms with Gasteiger partial charge in [0.2, 0.25) is 0 Å². The van der Waals surface area contributed by atoms with Crippen LogP contribution in [0.3, 0.4) is 0 Å². The van der Waals surface area contributed by atoms with Crippen LogP contribution in [0.2, 0.25) is 0 Å². The first-order valence-corrected chi connectivity index (χ1v) is 11.6. The molecule has 0 amide bonds. The molecule has 0 aromatic heterocycles. The Balaban J connectivity index is 2.33. The molecule has 0 spiro atoms. The molecule has 0 saturated heterocycles. The first-order valence-electron chi connectivity index (χ1n) is 10.8. The van der Waals surface area contributed by atoms with Crippen molar-refractivity contribution in [3.8, 4) is 6.07 Å². The molecule has 34 heavy (non-hydrogen) atoms. The average Bonchev–Trinajstić information content (AvgIpc) is 2.86. The Morgan fingerprint density at radius 3 is 2.35 bits per heavy atom. The lowest BCUT2D eigenvalue weighted by molar-refractivity contribution is -0.139. The van der Waals surface area contributed by atoms with Gasteiger partial charge in [0, 0.05) is 4.47 Å². The van der Waals surface area contributed by atoms with Gasteiger partial charge >= 0.3 is 11.9 Å². The number of hydrogen-bond donors (Lipinski definition) is 1. The Kier molecular flexibility index (Phi) is 8.13. The maximum atomic E-state index is 13.1. The van der Waals surface area contributed by atoms with Crippen LogP contribution < -0.4 is 10.6 Å². The fourth-order valence-corrected chi connectivity index (χ4v) is 4.64. The van der Waals surface area contributed by atoms with Crippen molar-refractivity contribution in [2.24, 2.45) is 5.73 Å². The van der Waals surface area contributed by atoms with Gasteiger partial charge in [0.1, 0.15) is 11.5 Å². The van der Waals surface area contributed by atoms with Crippen LogP contribution in [0.25, 0.3) is 0 Å². The number of ether oxygens (including phenoxy) is 2. The first-order chi connectivity index (χ1) is 16.4. The Bertz CT molecular complexity index is 1200. The summed E-state index contributed by atoms with van der Waals surface area (Å²) in [4.78, 5) is 27.6. The third-order valence-corrected chi connectivity index (χ3v) is 6.32. The number of anilines is 1. The van der Waals surface area contributed by atoms with Crippen LogP contribution in [0.5, 0.6) is 0 Å². The lowest BCUT2D eigenvalue weighted by Crippen LogP contribution is -2.41. The minimum Gasteiger partial charge on any atom is -0.466 e. The van der Waals surface area contributed by atoms with Gasteiger partial charge in [0.15, 0.2) is 0 Å². The van der Waals surface area contributed by atoms with E-state index in [0.717, 1.165) is 24.8 Å². The van der Waals surface area contributed by atoms with Gasteiger partial charge < -0.3 is 15.2 Å². The number of rotatable bonds is 7. The molecule has 176 valence electrons. The number of allylic oxidation sites excluding steroid dienone is 1. The lowest BCUT2D eigenvalue weighted by Gasteiger charge is -2.36. The number of nitriles is 1. The van der Waals surface area contributed by atoms with Crippen molar-refractivity contribution in [3.05, 3.63) is 86.8 Å². The number of halogens is 1. The first kappa shape index (κ1) is 25.1. The Hall–Kier alpha value is -3.57. The van der Waals surface area contributed by atoms with Crippen molar-refractivity contribution in [3.63, 3.8) is 0 Å². The molecule has 1 heterocycles. The molecule has 0 fully saturated rings. The summed E-state index contributed by atoms with van der Waals surface area (Å²) >= 11 is 3.58. The van der Waals surface area contributed by atoms with Gasteiger partial charge in [0.05, 0.1) is 43.0 Å². The van der Waals surface area contributed by atoms with Gasteiger partial charge in [-0.25, -0.2) is 9.59 Å². The number of benzene rings is 2. The van der Waals surface area contributed by atoms with E-state index >= 15 is 0 Å². The maximum absolute atomic E-state index is 13.1. The van der Waals surface area contributed by atoms with Crippen LogP contribution in [-0.2, 0) is 25.5 Å². The molecule has 0 radical (unpaired) electrons. The lowest BCUT2D eigenvalue weighted by atomic mass is 9.81. The number of carbonyl (C=O) groups is 2. The number of nitrogens with two attached hydrogens (primary N) is 1. The zero-order valence-corrected chi connectivity index (χ0v) is 20.9. The molecule has 1 unspecified atom stereocenters. The fourth-order valence-electron chi connectivity index (χ4n) is 4.03. The normalized spacial score (nSPS) is 15.7. The van der Waals surface area contributed by atoms with Gasteiger partial charge in [-0.3, -0.25) is 4.90 Å². The summed E-state index contributed by atoms with van der Waals surface area (Å²) in [5, 5.41) is 10.1. The third-order valence-electron chi connectivity index (χ3n) is 5.68. The number of nitrogens with zero attached hydrogens (tertiary/aromatic N) is 2. The summed E-state index contributed by atoms with van der Waals surface area (Å²) in [5.41, 5.74) is 8.78. The zero-order chi connectivity index (χ0) is 24.8. The highest BCUT2D eigenvalue weighted by Gasteiger charge is 2.43. The predicted molar refractivity (Wildman–Crippen MR) is 132 cm³/mol. The van der Waals surface area contributed by atoms with Crippen molar-refractivity contribution >= 4 is 33.6 Å². The van der Waals surface area contributed by atoms with E-state index in [2.05, 4.69) is 28.9 Å². The van der Waals surface area contributed by atoms with E-state index in [9.17, 15) is 14.9 Å². The SMILES string of the molecule is CCCCc1ccc(N2C(N)=C(C#N)C(c3ccccc3)C(C(=O)OC)=C2C(=O)OC)c(Br)c1. The highest BCUT2D eigenvalue weighted by molar-refractivity contribution is 9.10. The second-order valence-electron chi connectivity index (χ2n) is 7.72. The number of unbranched alkanes of at least 4 members (excludes halogenated alkanes) is 1. The molecular weight excluding hydrogens is 498 g/mol. The number of aryl methyl sites for hydroxylation is 1. The number of carbonyl (C=O) groups excluding carboxylic acids is 2. The molecule has 2 aromatic rings. The Morgan fingerprint density at radius 1 is 1.12 bits per heavy atom. The average molecular weight is 524 g/mol. The van der Waals surface area contributed by atoms with E-state index in [0.29, 0.717) is 15.7 Å². The second-order valence-corrected chi connectivity index (χ2v) is 8.58. The topological polar surface area (TPSA) is 106 Å². The molecule has 1 aliphatic rings. The minimum atomic E-state index is -0.897. The van der Waals surface area contributed by atoms with Crippen molar-refractivity contribution in [1.29, 1.82) is 5.26 Å². The smallest absolute Gasteiger partial charge is 0.355 e. The van der Waals surface area contributed by atoms with Crippen LogP contribution in [0, 0.1) is 11.3 Å². The standard InChI is InChI=1S/C26H26BrN3O4/c1-4-5-9-16-12-13-20(19(27)14-16)30-23(26(32)34-3)22(25(31)33-2)21(18(15-28)24(30)29)17-10-7-6-8-11-17/h6-8,10-14,21H,4-5,9,29H2,1-3H3. The monoisotopic (exact) mass is 523 g/mol. The van der Waals surface area contributed by atoms with Crippen LogP contribution in [-0.4, -0.2) is 26.2 Å². The van der Waals surface area contributed by atoms with E-state index in [-0.39, 0.29) is 22.7 Å². The number of methoxy groups -OCH3 is 2. The maximum Gasteiger partial charge on any atom is 0.355 e. The van der Waals surface area contributed by atoms with Gasteiger partial charge in [-0.05, 0) is 52.0 Å². The zero-order valence-electron chi connectivity index (χ0n) is 19.3. The van der Waals surface area contributed by atoms with E-state index in [1.165, 1.54) is 19.1 Å². The van der Waals surface area contributed by atoms with Crippen molar-refractivity contribution < 1.29 is 19.1 Å². The molecular formula is C26H26BrN3O4. The molecule has 1 aliphatic heterocycles. The van der Waals surface area contributed by atoms with Crippen LogP contribution in [0.4, 0.5) is 5.69 Å². The molecule has 1 atom stereocenters. The fraction of sp³-hybridized carbons (Fsp3) is 0.269. The van der Waals surface area contributed by atoms with Crippen molar-refractivity contribution in [1.82, 2.24) is 0 Å². The summed E-state index contributed by atoms with van der Waals surface area (Å²) in [5.74, 6) is -2.39. The number of hydrogen-bond acceptors (Lipinski definition) is 7. The van der Waals surface area contributed by atoms with E-state index in [1.807, 2.05) is 18.2 Å². The summed E-state index contributed by atoms with van der Waals surface area (Å²) in [7, 11) is 2.45. The van der Waals surface area contributed by atoms with Crippen molar-refractivity contribution in [2.75, 3.05) is 19.1 Å². The van der Waals surface area contributed by atoms with Crippen LogP contribution in [0.1, 0.15) is 36.8 Å². The van der Waals surface area contributed by atoms with E-state index < -0.39 is 17.9 Å². The van der Waals surface area contributed by atoms with Gasteiger partial charge in [-0.1, -0.05) is 49.7 Å². The Morgan fingerprint density at radius 2 is 1.79 bits per heavy atom. The molecule has 2 aromatic carbocycles. The molecule has 7 nitrogen and oxygen atoms in total. The van der Waals surface area contributed by atoms with E-state index in [1.54, 1.807) is 30.3 Å². The third kappa shape index (κ3) is 4.70. The van der Waals surface area contributed by atoms with Gasteiger partial charge in [0.25, 0.3) is 0 Å². The highest BCUT2D eigenvalue weighted by atomic mass is 79.9. The van der Waals surface area contributed by atoms with E-state index in [4.69, 9.17) is 15.2 Å². The molecule has 3 rings (SSSR count). The Labute approximate surface area is 207 Å². The summed E-state index contributed by atoms with van der Waals surface area (Å²) in [6.07, 6.45) is 2.99. The van der Waals surface area contributed by atoms with Crippen LogP contribution >= 0.6 is 15.9 Å². The highest BCUT2D eigenvalue weighted by Crippen LogP contribution is 2.44. The van der Waals surface area contributed by atoms with Crippen molar-refractivity contribution in [2.45, 2.75) is 32.1 Å². The molecule has 0 aliphatic carbocycles. The van der Waals surface area contributed by atoms with Gasteiger partial charge in [-0.15, -0.1) is 0 Å². The molecule has 8 heteroatoms. The minimum absolute atomic E-state index is 0.0201. The predicted octanol–water partition coefficient (Wildman–Crippen LogP) is 4.69. The molecule has 0 bridgehead atoms. The molecule has 0 saturated carbocycles. The molecule has 2 N–H and O–H groups in total. The second kappa shape index (κ2) is 11.0. The summed E-state index contributed by atoms with van der Waals surface area (Å²) in [6, 6.07) is 16.7. The van der Waals surface area contributed by atoms with Crippen LogP contribution in [0.15, 0.2) is 75.7 Å². The largest absolute Gasteiger partial charge is 0.466 e. The number of esters is 2. The van der Waals surface area contributed by atoms with Gasteiger partial charge in [-0.2, -0.15) is 5.26 Å². The summed E-state index contributed by atoms with van der Waals surface area (Å²) < 4.78 is 10.8. The quantitative estimate of drug-likeness (QED) is 0.524. The summed E-state index contributed by atoms with van der Waals surface area (Å²) in [6.45, 7) is 2.12.